The van der Waals surface area contributed by atoms with Crippen LogP contribution in [0.1, 0.15) is 23.4 Å². The van der Waals surface area contributed by atoms with Crippen LogP contribution < -0.4 is 5.32 Å². The number of amides is 1. The molecule has 136 valence electrons. The molecule has 2 aromatic heterocycles. The summed E-state index contributed by atoms with van der Waals surface area (Å²) in [6.07, 6.45) is 2.09. The molecule has 0 aliphatic rings. The number of aromatic nitrogens is 4. The number of carbonyl (C=O) groups is 1. The fraction of sp³-hybridized carbons (Fsp3) is 0.278. The lowest BCUT2D eigenvalue weighted by molar-refractivity contribution is -0.116. The van der Waals surface area contributed by atoms with Gasteiger partial charge in [-0.25, -0.2) is 0 Å². The van der Waals surface area contributed by atoms with E-state index in [9.17, 15) is 4.79 Å². The average Bonchev–Trinajstić information content (AvgIpc) is 3.15. The first kappa shape index (κ1) is 18.5. The minimum Gasteiger partial charge on any atom is -0.309 e. The molecular formula is C18H19Cl2N5O. The third-order valence-electron chi connectivity index (χ3n) is 4.04. The summed E-state index contributed by atoms with van der Waals surface area (Å²) >= 11 is 12.3. The molecule has 0 aliphatic heterocycles. The van der Waals surface area contributed by atoms with Gasteiger partial charge in [0, 0.05) is 23.7 Å². The minimum absolute atomic E-state index is 0.128. The summed E-state index contributed by atoms with van der Waals surface area (Å²) in [5, 5.41) is 12.8. The summed E-state index contributed by atoms with van der Waals surface area (Å²) in [6, 6.07) is 9.36. The molecule has 1 aromatic carbocycles. The average molecular weight is 392 g/mol. The zero-order valence-electron chi connectivity index (χ0n) is 14.5. The fourth-order valence-electron chi connectivity index (χ4n) is 2.62. The second-order valence-corrected chi connectivity index (χ2v) is 6.78. The highest BCUT2D eigenvalue weighted by atomic mass is 35.5. The zero-order valence-corrected chi connectivity index (χ0v) is 16.1. The highest BCUT2D eigenvalue weighted by Crippen LogP contribution is 2.19. The van der Waals surface area contributed by atoms with Crippen molar-refractivity contribution in [2.45, 2.75) is 33.4 Å². The van der Waals surface area contributed by atoms with E-state index in [0.717, 1.165) is 17.0 Å². The van der Waals surface area contributed by atoms with Gasteiger partial charge in [-0.05, 0) is 25.5 Å². The second kappa shape index (κ2) is 7.93. The largest absolute Gasteiger partial charge is 0.309 e. The van der Waals surface area contributed by atoms with Crippen molar-refractivity contribution < 1.29 is 4.79 Å². The Kier molecular flexibility index (Phi) is 5.64. The van der Waals surface area contributed by atoms with Crippen molar-refractivity contribution in [2.24, 2.45) is 0 Å². The second-order valence-electron chi connectivity index (χ2n) is 6.00. The van der Waals surface area contributed by atoms with Crippen molar-refractivity contribution in [1.29, 1.82) is 0 Å². The predicted molar refractivity (Wildman–Crippen MR) is 103 cm³/mol. The maximum atomic E-state index is 12.2. The third kappa shape index (κ3) is 4.26. The van der Waals surface area contributed by atoms with Gasteiger partial charge in [-0.2, -0.15) is 10.2 Å². The van der Waals surface area contributed by atoms with Gasteiger partial charge in [-0.1, -0.05) is 41.4 Å². The smallest absolute Gasteiger partial charge is 0.227 e. The quantitative estimate of drug-likeness (QED) is 0.688. The number of nitrogens with zero attached hydrogens (tertiary/aromatic N) is 4. The molecule has 0 saturated heterocycles. The fourth-order valence-corrected chi connectivity index (χ4v) is 2.95. The van der Waals surface area contributed by atoms with Gasteiger partial charge in [0.05, 0.1) is 29.5 Å². The standard InChI is InChI=1S/C18H19Cl2N5O/c1-12-18(20)13(2)25(22-12)10-8-17(26)21-16-7-9-24(23-16)11-14-5-3-4-6-15(14)19/h3-7,9H,8,10-11H2,1-2H3,(H,21,23,26). The van der Waals surface area contributed by atoms with Crippen LogP contribution >= 0.6 is 23.2 Å². The van der Waals surface area contributed by atoms with Crippen molar-refractivity contribution >= 4 is 34.9 Å². The first-order valence-corrected chi connectivity index (χ1v) is 8.96. The van der Waals surface area contributed by atoms with Crippen LogP contribution in [0.3, 0.4) is 0 Å². The van der Waals surface area contributed by atoms with Crippen LogP contribution in [0.4, 0.5) is 5.82 Å². The van der Waals surface area contributed by atoms with Gasteiger partial charge in [-0.15, -0.1) is 0 Å². The first-order valence-electron chi connectivity index (χ1n) is 8.20. The summed E-state index contributed by atoms with van der Waals surface area (Å²) < 4.78 is 3.48. The number of hydrogen-bond acceptors (Lipinski definition) is 3. The number of rotatable bonds is 6. The topological polar surface area (TPSA) is 64.7 Å². The molecule has 0 fully saturated rings. The first-order chi connectivity index (χ1) is 12.4. The molecule has 2 heterocycles. The van der Waals surface area contributed by atoms with Crippen LogP contribution in [0.25, 0.3) is 0 Å². The summed E-state index contributed by atoms with van der Waals surface area (Å²) in [6.45, 7) is 4.74. The SMILES string of the molecule is Cc1nn(CCC(=O)Nc2ccn(Cc3ccccc3Cl)n2)c(C)c1Cl. The number of halogens is 2. The highest BCUT2D eigenvalue weighted by Gasteiger charge is 2.11. The molecule has 3 rings (SSSR count). The molecule has 0 radical (unpaired) electrons. The van der Waals surface area contributed by atoms with Crippen LogP contribution in [0, 0.1) is 13.8 Å². The van der Waals surface area contributed by atoms with E-state index in [-0.39, 0.29) is 12.3 Å². The number of aryl methyl sites for hydroxylation is 2. The molecule has 0 spiro atoms. The van der Waals surface area contributed by atoms with E-state index in [2.05, 4.69) is 15.5 Å². The number of anilines is 1. The van der Waals surface area contributed by atoms with Crippen LogP contribution in [0.15, 0.2) is 36.5 Å². The minimum atomic E-state index is -0.128. The van der Waals surface area contributed by atoms with E-state index in [4.69, 9.17) is 23.2 Å². The van der Waals surface area contributed by atoms with Crippen molar-refractivity contribution in [3.05, 3.63) is 63.5 Å². The lowest BCUT2D eigenvalue weighted by Gasteiger charge is -2.05. The summed E-state index contributed by atoms with van der Waals surface area (Å²) in [5.41, 5.74) is 2.60. The molecule has 8 heteroatoms. The van der Waals surface area contributed by atoms with E-state index < -0.39 is 0 Å². The van der Waals surface area contributed by atoms with Crippen molar-refractivity contribution in [3.8, 4) is 0 Å². The van der Waals surface area contributed by atoms with Crippen LogP contribution in [0.2, 0.25) is 10.0 Å². The molecule has 0 saturated carbocycles. The Balaban J connectivity index is 1.56. The molecular weight excluding hydrogens is 373 g/mol. The highest BCUT2D eigenvalue weighted by molar-refractivity contribution is 6.32. The zero-order chi connectivity index (χ0) is 18.7. The third-order valence-corrected chi connectivity index (χ3v) is 4.96. The summed E-state index contributed by atoms with van der Waals surface area (Å²) in [5.74, 6) is 0.380. The van der Waals surface area contributed by atoms with Crippen LogP contribution in [-0.2, 0) is 17.9 Å². The normalized spacial score (nSPS) is 10.9. The number of hydrogen-bond donors (Lipinski definition) is 1. The van der Waals surface area contributed by atoms with E-state index in [0.29, 0.717) is 29.0 Å². The van der Waals surface area contributed by atoms with Gasteiger partial charge in [0.15, 0.2) is 5.82 Å². The Hall–Kier alpha value is -2.31. The number of benzene rings is 1. The predicted octanol–water partition coefficient (Wildman–Crippen LogP) is 4.08. The molecule has 6 nitrogen and oxygen atoms in total. The lowest BCUT2D eigenvalue weighted by atomic mass is 10.2. The Labute approximate surface area is 161 Å². The van der Waals surface area contributed by atoms with E-state index in [1.165, 1.54) is 0 Å². The van der Waals surface area contributed by atoms with Gasteiger partial charge in [-0.3, -0.25) is 14.2 Å². The van der Waals surface area contributed by atoms with Crippen molar-refractivity contribution in [1.82, 2.24) is 19.6 Å². The van der Waals surface area contributed by atoms with Gasteiger partial charge in [0.25, 0.3) is 0 Å². The summed E-state index contributed by atoms with van der Waals surface area (Å²) in [4.78, 5) is 12.2. The van der Waals surface area contributed by atoms with Crippen molar-refractivity contribution in [3.63, 3.8) is 0 Å². The van der Waals surface area contributed by atoms with Gasteiger partial charge >= 0.3 is 0 Å². The van der Waals surface area contributed by atoms with Gasteiger partial charge in [0.2, 0.25) is 5.91 Å². The van der Waals surface area contributed by atoms with E-state index in [1.807, 2.05) is 38.1 Å². The Morgan fingerprint density at radius 3 is 2.62 bits per heavy atom. The molecule has 3 aromatic rings. The van der Waals surface area contributed by atoms with E-state index >= 15 is 0 Å². The van der Waals surface area contributed by atoms with Crippen LogP contribution in [-0.4, -0.2) is 25.5 Å². The molecule has 0 unspecified atom stereocenters. The van der Waals surface area contributed by atoms with Crippen LogP contribution in [0.5, 0.6) is 0 Å². The van der Waals surface area contributed by atoms with Crippen molar-refractivity contribution in [2.75, 3.05) is 5.32 Å². The summed E-state index contributed by atoms with van der Waals surface area (Å²) in [7, 11) is 0. The molecule has 0 atom stereocenters. The molecule has 1 amide bonds. The van der Waals surface area contributed by atoms with Gasteiger partial charge in [0.1, 0.15) is 0 Å². The monoisotopic (exact) mass is 391 g/mol. The Bertz CT molecular complexity index is 932. The Morgan fingerprint density at radius 2 is 1.92 bits per heavy atom. The molecule has 1 N–H and O–H groups in total. The number of nitrogens with one attached hydrogen (secondary N) is 1. The lowest BCUT2D eigenvalue weighted by Crippen LogP contribution is -2.16. The van der Waals surface area contributed by atoms with Gasteiger partial charge < -0.3 is 5.32 Å². The molecule has 0 bridgehead atoms. The molecule has 26 heavy (non-hydrogen) atoms. The van der Waals surface area contributed by atoms with E-state index in [1.54, 1.807) is 21.6 Å². The Morgan fingerprint density at radius 1 is 1.15 bits per heavy atom. The number of carbonyl (C=O) groups excluding carboxylic acids is 1. The molecule has 0 aliphatic carbocycles. The maximum absolute atomic E-state index is 12.2. The maximum Gasteiger partial charge on any atom is 0.227 e.